The van der Waals surface area contributed by atoms with E-state index in [0.717, 1.165) is 25.3 Å². The summed E-state index contributed by atoms with van der Waals surface area (Å²) in [5.74, 6) is -0.00824. The minimum absolute atomic E-state index is 0.240. The second kappa shape index (κ2) is 5.67. The van der Waals surface area contributed by atoms with Gasteiger partial charge >= 0.3 is 0 Å². The molecule has 0 saturated carbocycles. The smallest absolute Gasteiger partial charge is 0.165 e. The van der Waals surface area contributed by atoms with Gasteiger partial charge in [-0.1, -0.05) is 6.07 Å². The Balaban J connectivity index is 2.06. The van der Waals surface area contributed by atoms with Crippen LogP contribution in [0.5, 0.6) is 5.75 Å². The van der Waals surface area contributed by atoms with Gasteiger partial charge in [0.25, 0.3) is 0 Å². The molecule has 0 amide bonds. The maximum atomic E-state index is 13.6. The van der Waals surface area contributed by atoms with Crippen molar-refractivity contribution in [2.75, 3.05) is 20.3 Å². The molecule has 4 heteroatoms. The number of methoxy groups -OCH3 is 1. The quantitative estimate of drug-likeness (QED) is 0.826. The Morgan fingerprint density at radius 1 is 1.44 bits per heavy atom. The number of rotatable bonds is 3. The number of hydrogen-bond acceptors (Lipinski definition) is 3. The van der Waals surface area contributed by atoms with E-state index in [0.29, 0.717) is 11.8 Å². The summed E-state index contributed by atoms with van der Waals surface area (Å²) in [6.45, 7) is 6.56. The monoisotopic (exact) mass is 253 g/mol. The fraction of sp³-hybridized carbons (Fsp3) is 0.571. The molecule has 0 aliphatic carbocycles. The van der Waals surface area contributed by atoms with Crippen molar-refractivity contribution in [3.63, 3.8) is 0 Å². The molecule has 0 radical (unpaired) electrons. The van der Waals surface area contributed by atoms with E-state index in [4.69, 9.17) is 9.47 Å². The number of ether oxygens (including phenoxy) is 2. The van der Waals surface area contributed by atoms with Gasteiger partial charge in [-0.15, -0.1) is 0 Å². The second-order valence-electron chi connectivity index (χ2n) is 4.89. The zero-order valence-corrected chi connectivity index (χ0v) is 11.1. The Labute approximate surface area is 107 Å². The first-order chi connectivity index (χ1) is 8.60. The molecule has 0 spiro atoms. The minimum atomic E-state index is -0.302. The van der Waals surface area contributed by atoms with Crippen LogP contribution in [0.4, 0.5) is 4.39 Å². The Kier molecular flexibility index (Phi) is 4.19. The standard InChI is InChI=1S/C14H20FNO2/c1-10-9-18-11(2)7-16(10)8-12-4-5-14(17-3)13(15)6-12/h4-6,10-11H,7-9H2,1-3H3/t10-,11-/m1/s1. The van der Waals surface area contributed by atoms with Crippen molar-refractivity contribution in [2.24, 2.45) is 0 Å². The maximum absolute atomic E-state index is 13.6. The Hall–Kier alpha value is -1.13. The minimum Gasteiger partial charge on any atom is -0.494 e. The van der Waals surface area contributed by atoms with E-state index in [1.165, 1.54) is 7.11 Å². The molecule has 2 atom stereocenters. The Bertz CT molecular complexity index is 411. The molecule has 0 aromatic heterocycles. The molecule has 1 fully saturated rings. The van der Waals surface area contributed by atoms with Crippen LogP contribution in [0.3, 0.4) is 0 Å². The molecule has 3 nitrogen and oxygen atoms in total. The lowest BCUT2D eigenvalue weighted by Gasteiger charge is -2.36. The topological polar surface area (TPSA) is 21.7 Å². The van der Waals surface area contributed by atoms with Gasteiger partial charge in [0.15, 0.2) is 11.6 Å². The van der Waals surface area contributed by atoms with Gasteiger partial charge in [-0.25, -0.2) is 4.39 Å². The summed E-state index contributed by atoms with van der Waals surface area (Å²) in [5, 5.41) is 0. The average molecular weight is 253 g/mol. The van der Waals surface area contributed by atoms with Gasteiger partial charge in [-0.05, 0) is 31.5 Å². The first-order valence-corrected chi connectivity index (χ1v) is 6.28. The summed E-state index contributed by atoms with van der Waals surface area (Å²) in [5.41, 5.74) is 0.967. The molecule has 2 rings (SSSR count). The Morgan fingerprint density at radius 2 is 2.22 bits per heavy atom. The molecular formula is C14H20FNO2. The summed E-state index contributed by atoms with van der Waals surface area (Å²) in [7, 11) is 1.48. The zero-order chi connectivity index (χ0) is 13.1. The molecule has 0 unspecified atom stereocenters. The third-order valence-electron chi connectivity index (χ3n) is 3.34. The number of hydrogen-bond donors (Lipinski definition) is 0. The summed E-state index contributed by atoms with van der Waals surface area (Å²) in [4.78, 5) is 2.31. The zero-order valence-electron chi connectivity index (χ0n) is 11.1. The maximum Gasteiger partial charge on any atom is 0.165 e. The molecule has 18 heavy (non-hydrogen) atoms. The molecule has 1 heterocycles. The number of benzene rings is 1. The number of nitrogens with zero attached hydrogens (tertiary/aromatic N) is 1. The molecule has 100 valence electrons. The van der Waals surface area contributed by atoms with E-state index in [1.54, 1.807) is 12.1 Å². The lowest BCUT2D eigenvalue weighted by Crippen LogP contribution is -2.46. The summed E-state index contributed by atoms with van der Waals surface area (Å²) in [6.07, 6.45) is 0.240. The molecular weight excluding hydrogens is 233 g/mol. The van der Waals surface area contributed by atoms with Crippen molar-refractivity contribution in [2.45, 2.75) is 32.5 Å². The van der Waals surface area contributed by atoms with Crippen LogP contribution in [-0.4, -0.2) is 37.3 Å². The lowest BCUT2D eigenvalue weighted by atomic mass is 10.1. The van der Waals surface area contributed by atoms with Crippen LogP contribution in [0.15, 0.2) is 18.2 Å². The van der Waals surface area contributed by atoms with Gasteiger partial charge in [0.1, 0.15) is 0 Å². The number of morpholine rings is 1. The summed E-state index contributed by atoms with van der Waals surface area (Å²) in [6, 6.07) is 5.51. The normalized spacial score (nSPS) is 25.1. The van der Waals surface area contributed by atoms with Gasteiger partial charge in [-0.2, -0.15) is 0 Å². The highest BCUT2D eigenvalue weighted by Gasteiger charge is 2.23. The van der Waals surface area contributed by atoms with E-state index >= 15 is 0 Å². The molecule has 1 aliphatic heterocycles. The van der Waals surface area contributed by atoms with E-state index in [2.05, 4.69) is 18.7 Å². The molecule has 1 saturated heterocycles. The molecule has 1 aromatic rings. The van der Waals surface area contributed by atoms with E-state index in [1.807, 2.05) is 6.07 Å². The first-order valence-electron chi connectivity index (χ1n) is 6.28. The van der Waals surface area contributed by atoms with Gasteiger partial charge in [-0.3, -0.25) is 4.90 Å². The van der Waals surface area contributed by atoms with Crippen molar-refractivity contribution in [3.05, 3.63) is 29.6 Å². The molecule has 1 aromatic carbocycles. The van der Waals surface area contributed by atoms with Crippen molar-refractivity contribution < 1.29 is 13.9 Å². The van der Waals surface area contributed by atoms with E-state index < -0.39 is 0 Å². The van der Waals surface area contributed by atoms with Crippen LogP contribution < -0.4 is 4.74 Å². The predicted octanol–water partition coefficient (Wildman–Crippen LogP) is 2.44. The highest BCUT2D eigenvalue weighted by molar-refractivity contribution is 5.29. The first kappa shape index (κ1) is 13.3. The highest BCUT2D eigenvalue weighted by Crippen LogP contribution is 2.20. The van der Waals surface area contributed by atoms with Crippen LogP contribution in [0, 0.1) is 5.82 Å². The van der Waals surface area contributed by atoms with Crippen LogP contribution >= 0.6 is 0 Å². The third kappa shape index (κ3) is 3.00. The number of halogens is 1. The van der Waals surface area contributed by atoms with Gasteiger partial charge in [0.05, 0.1) is 19.8 Å². The Morgan fingerprint density at radius 3 is 2.89 bits per heavy atom. The lowest BCUT2D eigenvalue weighted by molar-refractivity contribution is -0.0526. The largest absolute Gasteiger partial charge is 0.494 e. The third-order valence-corrected chi connectivity index (χ3v) is 3.34. The van der Waals surface area contributed by atoms with E-state index in [-0.39, 0.29) is 11.9 Å². The second-order valence-corrected chi connectivity index (χ2v) is 4.89. The van der Waals surface area contributed by atoms with Crippen LogP contribution in [0.1, 0.15) is 19.4 Å². The van der Waals surface area contributed by atoms with Crippen molar-refractivity contribution in [1.29, 1.82) is 0 Å². The van der Waals surface area contributed by atoms with Crippen molar-refractivity contribution >= 4 is 0 Å². The van der Waals surface area contributed by atoms with E-state index in [9.17, 15) is 4.39 Å². The molecule has 0 N–H and O–H groups in total. The summed E-state index contributed by atoms with van der Waals surface area (Å²) < 4.78 is 24.1. The van der Waals surface area contributed by atoms with Crippen LogP contribution in [-0.2, 0) is 11.3 Å². The predicted molar refractivity (Wildman–Crippen MR) is 68.2 cm³/mol. The fourth-order valence-corrected chi connectivity index (χ4v) is 2.23. The van der Waals surface area contributed by atoms with Gasteiger partial charge in [0, 0.05) is 19.1 Å². The highest BCUT2D eigenvalue weighted by atomic mass is 19.1. The van der Waals surface area contributed by atoms with Crippen molar-refractivity contribution in [3.8, 4) is 5.75 Å². The molecule has 1 aliphatic rings. The van der Waals surface area contributed by atoms with Gasteiger partial charge in [0.2, 0.25) is 0 Å². The molecule has 0 bridgehead atoms. The average Bonchev–Trinajstić information content (AvgIpc) is 2.34. The van der Waals surface area contributed by atoms with Crippen molar-refractivity contribution in [1.82, 2.24) is 4.90 Å². The van der Waals surface area contributed by atoms with Crippen LogP contribution in [0.2, 0.25) is 0 Å². The van der Waals surface area contributed by atoms with Crippen LogP contribution in [0.25, 0.3) is 0 Å². The fourth-order valence-electron chi connectivity index (χ4n) is 2.23. The summed E-state index contributed by atoms with van der Waals surface area (Å²) >= 11 is 0. The SMILES string of the molecule is COc1ccc(CN2C[C@@H](C)OC[C@H]2C)cc1F. The van der Waals surface area contributed by atoms with Gasteiger partial charge < -0.3 is 9.47 Å².